The quantitative estimate of drug-likeness (QED) is 0.683. The highest BCUT2D eigenvalue weighted by Gasteiger charge is 2.26. The molecule has 22 heavy (non-hydrogen) atoms. The Bertz CT molecular complexity index is 760. The number of piperidine rings is 1. The summed E-state index contributed by atoms with van der Waals surface area (Å²) >= 11 is 0. The molecule has 0 saturated carbocycles. The molecule has 4 N–H and O–H groups in total. The Balaban J connectivity index is 1.84. The first-order valence-corrected chi connectivity index (χ1v) is 7.41. The van der Waals surface area contributed by atoms with Crippen molar-refractivity contribution in [3.63, 3.8) is 0 Å². The number of primary amides is 1. The van der Waals surface area contributed by atoms with Gasteiger partial charge in [-0.25, -0.2) is 4.79 Å². The second-order valence-electron chi connectivity index (χ2n) is 5.87. The third kappa shape index (κ3) is 2.96. The van der Waals surface area contributed by atoms with Gasteiger partial charge in [-0.1, -0.05) is 0 Å². The number of phenolic OH excluding ortho intramolecular Hbond substituents is 1. The Morgan fingerprint density at radius 1 is 1.32 bits per heavy atom. The van der Waals surface area contributed by atoms with E-state index >= 15 is 0 Å². The van der Waals surface area contributed by atoms with Crippen molar-refractivity contribution in [1.82, 2.24) is 0 Å². The van der Waals surface area contributed by atoms with Crippen LogP contribution < -0.4 is 16.3 Å². The summed E-state index contributed by atoms with van der Waals surface area (Å²) in [6.07, 6.45) is 1.55. The summed E-state index contributed by atoms with van der Waals surface area (Å²) in [6.45, 7) is 2.35. The van der Waals surface area contributed by atoms with Crippen LogP contribution in [-0.2, 0) is 11.3 Å². The van der Waals surface area contributed by atoms with Crippen molar-refractivity contribution in [2.75, 3.05) is 13.1 Å². The van der Waals surface area contributed by atoms with Gasteiger partial charge >= 0.3 is 5.63 Å². The van der Waals surface area contributed by atoms with Crippen LogP contribution in [0.4, 0.5) is 0 Å². The summed E-state index contributed by atoms with van der Waals surface area (Å²) in [5.41, 5.74) is 6.29. The number of fused-ring (bicyclic) bond motifs is 1. The highest BCUT2D eigenvalue weighted by Crippen LogP contribution is 2.21. The van der Waals surface area contributed by atoms with Crippen LogP contribution in [0.25, 0.3) is 11.0 Å². The van der Waals surface area contributed by atoms with Gasteiger partial charge in [0.25, 0.3) is 0 Å². The number of likely N-dealkylation sites (tertiary alicyclic amines) is 1. The number of quaternary nitrogens is 1. The van der Waals surface area contributed by atoms with Crippen LogP contribution in [0.2, 0.25) is 0 Å². The number of carbonyl (C=O) groups is 1. The van der Waals surface area contributed by atoms with Gasteiger partial charge in [0.05, 0.1) is 13.1 Å². The highest BCUT2D eigenvalue weighted by molar-refractivity contribution is 5.81. The summed E-state index contributed by atoms with van der Waals surface area (Å²) < 4.78 is 5.16. The van der Waals surface area contributed by atoms with Gasteiger partial charge in [0.2, 0.25) is 5.91 Å². The second kappa shape index (κ2) is 5.81. The normalized spacial score (nSPS) is 21.8. The maximum Gasteiger partial charge on any atom is 0.336 e. The van der Waals surface area contributed by atoms with Gasteiger partial charge < -0.3 is 20.2 Å². The molecular weight excluding hydrogens is 284 g/mol. The van der Waals surface area contributed by atoms with Crippen LogP contribution in [-0.4, -0.2) is 24.1 Å². The standard InChI is InChI=1S/C16H18N2O4/c17-16(21)10-3-5-18(6-4-10)9-11-7-15(20)22-14-2-1-12(19)8-13(11)14/h1-2,7-8,10,19H,3-6,9H2,(H2,17,21)/p+1. The Morgan fingerprint density at radius 3 is 2.73 bits per heavy atom. The number of carbonyl (C=O) groups excluding carboxylic acids is 1. The molecule has 0 radical (unpaired) electrons. The van der Waals surface area contributed by atoms with Crippen LogP contribution in [0.3, 0.4) is 0 Å². The molecule has 2 heterocycles. The fraction of sp³-hybridized carbons (Fsp3) is 0.375. The number of hydrogen-bond acceptors (Lipinski definition) is 4. The van der Waals surface area contributed by atoms with Gasteiger partial charge in [0.1, 0.15) is 17.9 Å². The zero-order valence-corrected chi connectivity index (χ0v) is 12.2. The van der Waals surface area contributed by atoms with Crippen LogP contribution in [0.5, 0.6) is 5.75 Å². The number of rotatable bonds is 3. The Kier molecular flexibility index (Phi) is 3.85. The topological polar surface area (TPSA) is 98.0 Å². The lowest BCUT2D eigenvalue weighted by Gasteiger charge is -2.27. The minimum absolute atomic E-state index is 0.0367. The predicted molar refractivity (Wildman–Crippen MR) is 80.5 cm³/mol. The third-order valence-electron chi connectivity index (χ3n) is 4.35. The molecule has 116 valence electrons. The lowest BCUT2D eigenvalue weighted by Crippen LogP contribution is -3.11. The summed E-state index contributed by atoms with van der Waals surface area (Å²) in [7, 11) is 0. The third-order valence-corrected chi connectivity index (χ3v) is 4.35. The van der Waals surface area contributed by atoms with Crippen LogP contribution in [0.1, 0.15) is 18.4 Å². The fourth-order valence-corrected chi connectivity index (χ4v) is 3.12. The van der Waals surface area contributed by atoms with Gasteiger partial charge in [-0.3, -0.25) is 4.79 Å². The van der Waals surface area contributed by atoms with Crippen molar-refractivity contribution in [3.8, 4) is 5.75 Å². The molecule has 0 unspecified atom stereocenters. The molecule has 1 saturated heterocycles. The molecule has 1 aliphatic rings. The fourth-order valence-electron chi connectivity index (χ4n) is 3.12. The molecule has 6 nitrogen and oxygen atoms in total. The summed E-state index contributed by atoms with van der Waals surface area (Å²) in [6, 6.07) is 6.20. The molecule has 1 amide bonds. The number of phenols is 1. The first kappa shape index (κ1) is 14.6. The zero-order valence-electron chi connectivity index (χ0n) is 12.2. The van der Waals surface area contributed by atoms with E-state index in [-0.39, 0.29) is 23.2 Å². The lowest BCUT2D eigenvalue weighted by molar-refractivity contribution is -0.919. The Hall–Kier alpha value is -2.34. The average molecular weight is 303 g/mol. The van der Waals surface area contributed by atoms with Gasteiger partial charge in [-0.05, 0) is 18.2 Å². The first-order chi connectivity index (χ1) is 10.5. The van der Waals surface area contributed by atoms with Crippen molar-refractivity contribution in [2.24, 2.45) is 11.7 Å². The molecule has 1 aliphatic heterocycles. The van der Waals surface area contributed by atoms with Crippen LogP contribution >= 0.6 is 0 Å². The average Bonchev–Trinajstić information content (AvgIpc) is 2.48. The summed E-state index contributed by atoms with van der Waals surface area (Å²) in [5, 5.41) is 10.4. The largest absolute Gasteiger partial charge is 0.508 e. The molecule has 0 bridgehead atoms. The molecule has 0 atom stereocenters. The van der Waals surface area contributed by atoms with E-state index in [0.29, 0.717) is 12.1 Å². The van der Waals surface area contributed by atoms with Crippen molar-refractivity contribution in [1.29, 1.82) is 0 Å². The van der Waals surface area contributed by atoms with Crippen molar-refractivity contribution >= 4 is 16.9 Å². The zero-order chi connectivity index (χ0) is 15.7. The summed E-state index contributed by atoms with van der Waals surface area (Å²) in [4.78, 5) is 24.2. The van der Waals surface area contributed by atoms with Gasteiger partial charge in [-0.15, -0.1) is 0 Å². The molecule has 2 aromatic rings. The van der Waals surface area contributed by atoms with Crippen LogP contribution in [0.15, 0.2) is 33.5 Å². The lowest BCUT2D eigenvalue weighted by atomic mass is 9.96. The SMILES string of the molecule is NC(=O)C1CC[NH+](Cc2cc(=O)oc3ccc(O)cc23)CC1. The molecule has 6 heteroatoms. The van der Waals surface area contributed by atoms with Gasteiger partial charge in [0, 0.05) is 35.8 Å². The minimum atomic E-state index is -0.389. The van der Waals surface area contributed by atoms with Crippen molar-refractivity contribution in [2.45, 2.75) is 19.4 Å². The number of nitrogens with one attached hydrogen (secondary N) is 1. The van der Waals surface area contributed by atoms with Gasteiger partial charge in [-0.2, -0.15) is 0 Å². The number of aromatic hydroxyl groups is 1. The molecule has 1 fully saturated rings. The molecule has 1 aromatic carbocycles. The van der Waals surface area contributed by atoms with E-state index in [1.165, 1.54) is 17.0 Å². The van der Waals surface area contributed by atoms with Crippen LogP contribution in [0, 0.1) is 5.92 Å². The second-order valence-corrected chi connectivity index (χ2v) is 5.87. The maximum absolute atomic E-state index is 11.7. The van der Waals surface area contributed by atoms with E-state index in [0.717, 1.165) is 36.9 Å². The highest BCUT2D eigenvalue weighted by atomic mass is 16.4. The molecule has 0 spiro atoms. The maximum atomic E-state index is 11.7. The smallest absolute Gasteiger partial charge is 0.336 e. The van der Waals surface area contributed by atoms with E-state index in [1.807, 2.05) is 0 Å². The minimum Gasteiger partial charge on any atom is -0.508 e. The van der Waals surface area contributed by atoms with E-state index in [9.17, 15) is 14.7 Å². The Labute approximate surface area is 127 Å². The molecule has 0 aliphatic carbocycles. The number of benzene rings is 1. The van der Waals surface area contributed by atoms with E-state index in [1.54, 1.807) is 12.1 Å². The van der Waals surface area contributed by atoms with E-state index < -0.39 is 0 Å². The van der Waals surface area contributed by atoms with Gasteiger partial charge in [0.15, 0.2) is 0 Å². The number of nitrogens with two attached hydrogens (primary N) is 1. The predicted octanol–water partition coefficient (Wildman–Crippen LogP) is -0.221. The van der Waals surface area contributed by atoms with Crippen molar-refractivity contribution in [3.05, 3.63) is 40.2 Å². The number of amides is 1. The molecule has 3 rings (SSSR count). The molecular formula is C16H19N2O4+. The molecule has 1 aromatic heterocycles. The van der Waals surface area contributed by atoms with E-state index in [4.69, 9.17) is 10.2 Å². The van der Waals surface area contributed by atoms with Crippen molar-refractivity contribution < 1.29 is 19.2 Å². The monoisotopic (exact) mass is 303 g/mol. The first-order valence-electron chi connectivity index (χ1n) is 7.41. The van der Waals surface area contributed by atoms with E-state index in [2.05, 4.69) is 0 Å². The Morgan fingerprint density at radius 2 is 2.05 bits per heavy atom. The number of hydrogen-bond donors (Lipinski definition) is 3. The summed E-state index contributed by atoms with van der Waals surface area (Å²) in [5.74, 6) is -0.120.